The Bertz CT molecular complexity index is 932. The van der Waals surface area contributed by atoms with E-state index in [2.05, 4.69) is 5.32 Å². The summed E-state index contributed by atoms with van der Waals surface area (Å²) < 4.78 is 52.2. The highest BCUT2D eigenvalue weighted by molar-refractivity contribution is 7.89. The Hall–Kier alpha value is -1.49. The maximum Gasteiger partial charge on any atom is 0.243 e. The van der Waals surface area contributed by atoms with Crippen molar-refractivity contribution >= 4 is 26.0 Å². The number of amides is 1. The molecular formula is C19H29N3O5S2. The van der Waals surface area contributed by atoms with Crippen LogP contribution in [0.25, 0.3) is 0 Å². The minimum atomic E-state index is -3.58. The first-order valence-corrected chi connectivity index (χ1v) is 13.3. The normalized spacial score (nSPS) is 20.4. The van der Waals surface area contributed by atoms with Gasteiger partial charge in [0.05, 0.1) is 11.2 Å². The van der Waals surface area contributed by atoms with Gasteiger partial charge in [-0.15, -0.1) is 0 Å². The molecule has 29 heavy (non-hydrogen) atoms. The number of nitrogens with zero attached hydrogens (tertiary/aromatic N) is 2. The van der Waals surface area contributed by atoms with E-state index < -0.39 is 20.0 Å². The molecule has 8 nitrogen and oxygen atoms in total. The van der Waals surface area contributed by atoms with E-state index in [1.807, 2.05) is 0 Å². The second-order valence-corrected chi connectivity index (χ2v) is 11.6. The molecule has 0 aliphatic carbocycles. The van der Waals surface area contributed by atoms with E-state index in [9.17, 15) is 21.6 Å². The summed E-state index contributed by atoms with van der Waals surface area (Å²) in [5.74, 6) is -0.429. The van der Waals surface area contributed by atoms with Gasteiger partial charge in [-0.3, -0.25) is 4.79 Å². The third-order valence-corrected chi connectivity index (χ3v) is 8.95. The second kappa shape index (κ2) is 9.11. The molecule has 0 aromatic heterocycles. The topological polar surface area (TPSA) is 104 Å². The fourth-order valence-corrected chi connectivity index (χ4v) is 6.54. The van der Waals surface area contributed by atoms with E-state index in [0.717, 1.165) is 19.3 Å². The van der Waals surface area contributed by atoms with Gasteiger partial charge in [0.15, 0.2) is 0 Å². The van der Waals surface area contributed by atoms with E-state index in [-0.39, 0.29) is 23.3 Å². The summed E-state index contributed by atoms with van der Waals surface area (Å²) in [6, 6.07) is 6.78. The van der Waals surface area contributed by atoms with E-state index in [1.165, 1.54) is 14.9 Å². The lowest BCUT2D eigenvalue weighted by Crippen LogP contribution is -2.42. The summed E-state index contributed by atoms with van der Waals surface area (Å²) in [6.07, 6.45) is 4.88. The van der Waals surface area contributed by atoms with Crippen LogP contribution in [-0.4, -0.2) is 63.8 Å². The zero-order valence-corrected chi connectivity index (χ0v) is 18.3. The summed E-state index contributed by atoms with van der Waals surface area (Å²) in [6.45, 7) is 1.85. The monoisotopic (exact) mass is 443 g/mol. The van der Waals surface area contributed by atoms with E-state index in [4.69, 9.17) is 0 Å². The zero-order chi connectivity index (χ0) is 21.1. The summed E-state index contributed by atoms with van der Waals surface area (Å²) in [4.78, 5) is 12.8. The van der Waals surface area contributed by atoms with Crippen LogP contribution in [-0.2, 0) is 31.4 Å². The van der Waals surface area contributed by atoms with Crippen LogP contribution in [0.3, 0.4) is 0 Å². The molecule has 0 spiro atoms. The highest BCUT2D eigenvalue weighted by atomic mass is 32.2. The van der Waals surface area contributed by atoms with E-state index >= 15 is 0 Å². The van der Waals surface area contributed by atoms with Crippen molar-refractivity contribution in [3.05, 3.63) is 29.8 Å². The van der Waals surface area contributed by atoms with Crippen LogP contribution >= 0.6 is 0 Å². The van der Waals surface area contributed by atoms with Gasteiger partial charge in [0.25, 0.3) is 0 Å². The van der Waals surface area contributed by atoms with Crippen molar-refractivity contribution in [3.8, 4) is 0 Å². The van der Waals surface area contributed by atoms with Gasteiger partial charge in [0.2, 0.25) is 26.0 Å². The van der Waals surface area contributed by atoms with Gasteiger partial charge in [0.1, 0.15) is 0 Å². The zero-order valence-electron chi connectivity index (χ0n) is 16.7. The lowest BCUT2D eigenvalue weighted by molar-refractivity contribution is -0.126. The van der Waals surface area contributed by atoms with Crippen LogP contribution in [0.5, 0.6) is 0 Å². The Morgan fingerprint density at radius 2 is 1.59 bits per heavy atom. The number of hydrogen-bond donors (Lipinski definition) is 1. The second-order valence-electron chi connectivity index (χ2n) is 7.73. The number of hydrogen-bond acceptors (Lipinski definition) is 5. The molecule has 1 aromatic carbocycles. The van der Waals surface area contributed by atoms with Gasteiger partial charge in [-0.25, -0.2) is 21.1 Å². The molecule has 2 aliphatic heterocycles. The molecular weight excluding hydrogens is 414 g/mol. The number of piperidine rings is 2. The third-order valence-electron chi connectivity index (χ3n) is 5.65. The van der Waals surface area contributed by atoms with Crippen LogP contribution in [0.4, 0.5) is 0 Å². The molecule has 0 radical (unpaired) electrons. The summed E-state index contributed by atoms with van der Waals surface area (Å²) in [5.41, 5.74) is 0.569. The number of carbonyl (C=O) groups is 1. The summed E-state index contributed by atoms with van der Waals surface area (Å²) in [7, 11) is -6.81. The van der Waals surface area contributed by atoms with Gasteiger partial charge in [-0.2, -0.15) is 4.31 Å². The molecule has 1 N–H and O–H groups in total. The Labute approximate surface area is 173 Å². The van der Waals surface area contributed by atoms with Crippen LogP contribution in [0.2, 0.25) is 0 Å². The smallest absolute Gasteiger partial charge is 0.243 e. The van der Waals surface area contributed by atoms with Crippen molar-refractivity contribution in [1.29, 1.82) is 0 Å². The standard InChI is InChI=1S/C19H29N3O5S2/c1-28(24,25)21-13-9-16(10-14-21)19(23)20-15-17-7-3-4-8-18(17)29(26,27)22-11-5-2-6-12-22/h3-4,7-8,16H,2,5-6,9-15H2,1H3,(H,20,23). The number of benzene rings is 1. The van der Waals surface area contributed by atoms with Crippen LogP contribution < -0.4 is 5.32 Å². The first kappa shape index (κ1) is 22.2. The van der Waals surface area contributed by atoms with Crippen LogP contribution in [0, 0.1) is 5.92 Å². The highest BCUT2D eigenvalue weighted by Crippen LogP contribution is 2.24. The maximum atomic E-state index is 13.0. The summed E-state index contributed by atoms with van der Waals surface area (Å²) >= 11 is 0. The van der Waals surface area contributed by atoms with Crippen molar-refractivity contribution in [2.75, 3.05) is 32.4 Å². The Kier molecular flexibility index (Phi) is 6.98. The molecule has 2 aliphatic rings. The first-order valence-electron chi connectivity index (χ1n) is 10.0. The van der Waals surface area contributed by atoms with Crippen molar-refractivity contribution in [2.45, 2.75) is 43.5 Å². The molecule has 0 saturated carbocycles. The van der Waals surface area contributed by atoms with E-state index in [1.54, 1.807) is 24.3 Å². The van der Waals surface area contributed by atoms with Crippen LogP contribution in [0.1, 0.15) is 37.7 Å². The highest BCUT2D eigenvalue weighted by Gasteiger charge is 2.30. The Morgan fingerprint density at radius 3 is 2.21 bits per heavy atom. The predicted octanol–water partition coefficient (Wildman–Crippen LogP) is 1.15. The third kappa shape index (κ3) is 5.36. The first-order chi connectivity index (χ1) is 13.7. The lowest BCUT2D eigenvalue weighted by atomic mass is 9.97. The van der Waals surface area contributed by atoms with Crippen LogP contribution in [0.15, 0.2) is 29.2 Å². The average Bonchev–Trinajstić information content (AvgIpc) is 2.72. The fraction of sp³-hybridized carbons (Fsp3) is 0.632. The predicted molar refractivity (Wildman–Crippen MR) is 110 cm³/mol. The minimum Gasteiger partial charge on any atom is -0.352 e. The average molecular weight is 444 g/mol. The minimum absolute atomic E-state index is 0.133. The van der Waals surface area contributed by atoms with Gasteiger partial charge in [0, 0.05) is 38.6 Å². The van der Waals surface area contributed by atoms with Crippen molar-refractivity contribution in [3.63, 3.8) is 0 Å². The molecule has 2 heterocycles. The quantitative estimate of drug-likeness (QED) is 0.710. The van der Waals surface area contributed by atoms with Crippen molar-refractivity contribution < 1.29 is 21.6 Å². The molecule has 0 atom stereocenters. The molecule has 162 valence electrons. The molecule has 2 fully saturated rings. The Balaban J connectivity index is 1.64. The summed E-state index contributed by atoms with van der Waals surface area (Å²) in [5, 5.41) is 2.85. The van der Waals surface area contributed by atoms with Gasteiger partial charge in [-0.1, -0.05) is 24.6 Å². The number of rotatable bonds is 6. The van der Waals surface area contributed by atoms with Gasteiger partial charge in [-0.05, 0) is 37.3 Å². The SMILES string of the molecule is CS(=O)(=O)N1CCC(C(=O)NCc2ccccc2S(=O)(=O)N2CCCCC2)CC1. The molecule has 2 saturated heterocycles. The number of nitrogens with one attached hydrogen (secondary N) is 1. The van der Waals surface area contributed by atoms with E-state index in [0.29, 0.717) is 44.6 Å². The molecule has 1 amide bonds. The van der Waals surface area contributed by atoms with Crippen molar-refractivity contribution in [1.82, 2.24) is 13.9 Å². The van der Waals surface area contributed by atoms with Gasteiger partial charge < -0.3 is 5.32 Å². The lowest BCUT2D eigenvalue weighted by Gasteiger charge is -2.29. The maximum absolute atomic E-state index is 13.0. The molecule has 1 aromatic rings. The Morgan fingerprint density at radius 1 is 0.966 bits per heavy atom. The van der Waals surface area contributed by atoms with Crippen molar-refractivity contribution in [2.24, 2.45) is 5.92 Å². The molecule has 10 heteroatoms. The van der Waals surface area contributed by atoms with Gasteiger partial charge >= 0.3 is 0 Å². The number of carbonyl (C=O) groups excluding carboxylic acids is 1. The fourth-order valence-electron chi connectivity index (χ4n) is 3.92. The number of sulfonamides is 2. The largest absolute Gasteiger partial charge is 0.352 e. The molecule has 0 unspecified atom stereocenters. The molecule has 3 rings (SSSR count). The molecule has 0 bridgehead atoms.